The number of sulfonamides is 1. The molecule has 3 saturated heterocycles. The van der Waals surface area contributed by atoms with Gasteiger partial charge in [-0.05, 0) is 20.3 Å². The maximum absolute atomic E-state index is 12.4. The Labute approximate surface area is 227 Å². The molecular weight excluding hydrogens is 522 g/mol. The van der Waals surface area contributed by atoms with Gasteiger partial charge in [0.2, 0.25) is 21.9 Å². The Morgan fingerprint density at radius 3 is 2.31 bits per heavy atom. The molecule has 3 atom stereocenters. The number of nitrogens with zero attached hydrogens (tertiary/aromatic N) is 9. The number of piperazine rings is 1. The molecule has 3 N–H and O–H groups in total. The molecule has 0 spiro atoms. The Balaban J connectivity index is 1.56. The van der Waals surface area contributed by atoms with Gasteiger partial charge in [0.1, 0.15) is 0 Å². The van der Waals surface area contributed by atoms with E-state index in [9.17, 15) is 8.42 Å². The van der Waals surface area contributed by atoms with Gasteiger partial charge in [-0.25, -0.2) is 37.6 Å². The number of nitrogen functional groups attached to an aromatic ring is 1. The van der Waals surface area contributed by atoms with Gasteiger partial charge in [0.15, 0.2) is 22.8 Å². The average molecular weight is 558 g/mol. The highest BCUT2D eigenvalue weighted by atomic mass is 32.2. The van der Waals surface area contributed by atoms with Crippen molar-refractivity contribution < 1.29 is 13.2 Å². The number of fused-ring (bicyclic) bond motifs is 1. The van der Waals surface area contributed by atoms with Gasteiger partial charge in [0.25, 0.3) is 0 Å². The highest BCUT2D eigenvalue weighted by Crippen LogP contribution is 2.37. The average Bonchev–Trinajstić information content (AvgIpc) is 3.54. The molecule has 0 radical (unpaired) electrons. The van der Waals surface area contributed by atoms with Crippen LogP contribution in [0.5, 0.6) is 0 Å². The van der Waals surface area contributed by atoms with E-state index in [0.29, 0.717) is 68.4 Å². The smallest absolute Gasteiger partial charge is 0.219 e. The highest BCUT2D eigenvalue weighted by molar-refractivity contribution is 7.88. The van der Waals surface area contributed by atoms with Crippen LogP contribution in [0, 0.1) is 0 Å². The van der Waals surface area contributed by atoms with Gasteiger partial charge in [-0.15, -0.1) is 0 Å². The molecule has 3 aromatic heterocycles. The third-order valence-electron chi connectivity index (χ3n) is 7.54. The van der Waals surface area contributed by atoms with E-state index < -0.39 is 10.0 Å². The van der Waals surface area contributed by atoms with Crippen molar-refractivity contribution in [1.82, 2.24) is 39.1 Å². The zero-order valence-corrected chi connectivity index (χ0v) is 23.3. The zero-order chi connectivity index (χ0) is 27.3. The molecule has 0 aliphatic carbocycles. The number of morpholine rings is 1. The maximum atomic E-state index is 12.4. The lowest BCUT2D eigenvalue weighted by Gasteiger charge is -2.37. The first kappa shape index (κ1) is 26.1. The van der Waals surface area contributed by atoms with Crippen LogP contribution in [0.25, 0.3) is 22.6 Å². The van der Waals surface area contributed by atoms with Crippen molar-refractivity contribution in [2.24, 2.45) is 0 Å². The van der Waals surface area contributed by atoms with Crippen molar-refractivity contribution in [2.75, 3.05) is 74.3 Å². The molecule has 3 aliphatic heterocycles. The lowest BCUT2D eigenvalue weighted by molar-refractivity contribution is 0.122. The first-order chi connectivity index (χ1) is 18.7. The Hall–Kier alpha value is -3.14. The number of nitrogens with one attached hydrogen (secondary N) is 1. The van der Waals surface area contributed by atoms with E-state index in [-0.39, 0.29) is 24.1 Å². The van der Waals surface area contributed by atoms with Gasteiger partial charge < -0.3 is 25.6 Å². The van der Waals surface area contributed by atoms with E-state index in [1.54, 1.807) is 12.4 Å². The number of nitrogens with two attached hydrogens (primary N) is 1. The number of imidazole rings is 1. The second-order valence-corrected chi connectivity index (χ2v) is 12.7. The SMILES string of the molecule is C[C@@H]1CN(c2nc3c(N4CCOCC4)nc(-c4cnc(N)nc4)nc3n2[C@H]2CCN(S(C)(=O)=O)C2)C[C@H](C)N1. The standard InChI is InChI=1S/C24H35N11O3S/c1-15-12-33(13-16(2)28-15)24-29-19-21(32-6-8-38-9-7-32)30-20(17-10-26-23(25)27-11-17)31-22(19)35(24)18-4-5-34(14-18)39(3,36)37/h10-11,15-16,18,28H,4-9,12-14H2,1-3H3,(H2,25,26,27)/t15-,16+,18-/m0/s1. The van der Waals surface area contributed by atoms with Crippen molar-refractivity contribution >= 4 is 38.9 Å². The molecule has 0 saturated carbocycles. The summed E-state index contributed by atoms with van der Waals surface area (Å²) in [5.74, 6) is 2.16. The number of hydrogen-bond acceptors (Lipinski definition) is 12. The van der Waals surface area contributed by atoms with Crippen LogP contribution < -0.4 is 20.9 Å². The second kappa shape index (κ2) is 10.1. The highest BCUT2D eigenvalue weighted by Gasteiger charge is 2.36. The molecule has 6 rings (SSSR count). The minimum Gasteiger partial charge on any atom is -0.378 e. The van der Waals surface area contributed by atoms with Crippen LogP contribution >= 0.6 is 0 Å². The van der Waals surface area contributed by atoms with Crippen LogP contribution in [0.2, 0.25) is 0 Å². The molecule has 0 aromatic carbocycles. The van der Waals surface area contributed by atoms with Crippen molar-refractivity contribution in [3.63, 3.8) is 0 Å². The molecule has 3 fully saturated rings. The molecule has 3 aromatic rings. The van der Waals surface area contributed by atoms with Gasteiger partial charge in [-0.3, -0.25) is 4.57 Å². The fraction of sp³-hybridized carbons (Fsp3) is 0.625. The number of anilines is 3. The first-order valence-electron chi connectivity index (χ1n) is 13.3. The summed E-state index contributed by atoms with van der Waals surface area (Å²) in [6, 6.07) is 0.416. The summed E-state index contributed by atoms with van der Waals surface area (Å²) in [4.78, 5) is 27.9. The van der Waals surface area contributed by atoms with Gasteiger partial charge in [0, 0.05) is 63.7 Å². The van der Waals surface area contributed by atoms with Crippen molar-refractivity contribution in [3.05, 3.63) is 12.4 Å². The topological polar surface area (TPSA) is 161 Å². The van der Waals surface area contributed by atoms with Crippen LogP contribution in [0.3, 0.4) is 0 Å². The summed E-state index contributed by atoms with van der Waals surface area (Å²) in [6.45, 7) is 9.24. The first-order valence-corrected chi connectivity index (χ1v) is 15.2. The molecule has 15 heteroatoms. The van der Waals surface area contributed by atoms with E-state index in [4.69, 9.17) is 25.4 Å². The van der Waals surface area contributed by atoms with Crippen molar-refractivity contribution in [3.8, 4) is 11.4 Å². The Morgan fingerprint density at radius 2 is 1.67 bits per heavy atom. The van der Waals surface area contributed by atoms with Gasteiger partial charge in [-0.1, -0.05) is 0 Å². The van der Waals surface area contributed by atoms with E-state index in [1.807, 2.05) is 0 Å². The Kier molecular flexibility index (Phi) is 6.77. The summed E-state index contributed by atoms with van der Waals surface area (Å²) < 4.78 is 34.1. The van der Waals surface area contributed by atoms with Crippen LogP contribution in [0.4, 0.5) is 17.7 Å². The third kappa shape index (κ3) is 5.11. The number of rotatable bonds is 5. The summed E-state index contributed by atoms with van der Waals surface area (Å²) in [6.07, 6.45) is 5.17. The van der Waals surface area contributed by atoms with Gasteiger partial charge in [-0.2, -0.15) is 0 Å². The van der Waals surface area contributed by atoms with Crippen LogP contribution in [0.15, 0.2) is 12.4 Å². The fourth-order valence-corrected chi connectivity index (χ4v) is 6.68. The molecular formula is C24H35N11O3S. The predicted octanol–water partition coefficient (Wildman–Crippen LogP) is 0.0951. The molecule has 6 heterocycles. The van der Waals surface area contributed by atoms with Gasteiger partial charge >= 0.3 is 0 Å². The molecule has 0 unspecified atom stereocenters. The minimum absolute atomic E-state index is 0.122. The number of ether oxygens (including phenoxy) is 1. The molecule has 39 heavy (non-hydrogen) atoms. The summed E-state index contributed by atoms with van der Waals surface area (Å²) >= 11 is 0. The largest absolute Gasteiger partial charge is 0.378 e. The Morgan fingerprint density at radius 1 is 0.974 bits per heavy atom. The summed E-state index contributed by atoms with van der Waals surface area (Å²) in [5.41, 5.74) is 7.76. The second-order valence-electron chi connectivity index (χ2n) is 10.7. The molecule has 0 amide bonds. The summed E-state index contributed by atoms with van der Waals surface area (Å²) in [5, 5.41) is 3.59. The molecule has 3 aliphatic rings. The lowest BCUT2D eigenvalue weighted by atomic mass is 10.1. The van der Waals surface area contributed by atoms with Crippen LogP contribution in [-0.2, 0) is 14.8 Å². The monoisotopic (exact) mass is 557 g/mol. The molecule has 14 nitrogen and oxygen atoms in total. The van der Waals surface area contributed by atoms with Gasteiger partial charge in [0.05, 0.1) is 31.1 Å². The predicted molar refractivity (Wildman–Crippen MR) is 148 cm³/mol. The van der Waals surface area contributed by atoms with E-state index in [0.717, 1.165) is 24.9 Å². The zero-order valence-electron chi connectivity index (χ0n) is 22.5. The third-order valence-corrected chi connectivity index (χ3v) is 8.81. The van der Waals surface area contributed by atoms with E-state index >= 15 is 0 Å². The fourth-order valence-electron chi connectivity index (χ4n) is 5.80. The molecule has 0 bridgehead atoms. The van der Waals surface area contributed by atoms with Crippen LogP contribution in [0.1, 0.15) is 26.3 Å². The minimum atomic E-state index is -3.32. The van der Waals surface area contributed by atoms with Crippen LogP contribution in [-0.4, -0.2) is 113 Å². The quantitative estimate of drug-likeness (QED) is 0.436. The van der Waals surface area contributed by atoms with E-state index in [1.165, 1.54) is 10.6 Å². The van der Waals surface area contributed by atoms with Crippen molar-refractivity contribution in [1.29, 1.82) is 0 Å². The van der Waals surface area contributed by atoms with E-state index in [2.05, 4.69) is 43.5 Å². The normalized spacial score (nSPS) is 25.1. The maximum Gasteiger partial charge on any atom is 0.219 e. The Bertz CT molecular complexity index is 1450. The molecule has 210 valence electrons. The number of aromatic nitrogens is 6. The lowest BCUT2D eigenvalue weighted by Crippen LogP contribution is -2.55. The number of hydrogen-bond donors (Lipinski definition) is 2. The summed E-state index contributed by atoms with van der Waals surface area (Å²) in [7, 11) is -3.32. The van der Waals surface area contributed by atoms with Crippen molar-refractivity contribution in [2.45, 2.75) is 38.4 Å².